The molecule has 1 heterocycles. The van der Waals surface area contributed by atoms with E-state index in [0.717, 1.165) is 0 Å². The number of benzene rings is 1. The Bertz CT molecular complexity index is 637. The fraction of sp³-hybridized carbons (Fsp3) is 0.385. The Morgan fingerprint density at radius 2 is 1.95 bits per heavy atom. The Hall–Kier alpha value is -2.09. The number of hydrogen-bond donors (Lipinski definition) is 2. The van der Waals surface area contributed by atoms with Gasteiger partial charge in [-0.25, -0.2) is 13.2 Å². The summed E-state index contributed by atoms with van der Waals surface area (Å²) in [5.74, 6) is -1.23. The Morgan fingerprint density at radius 3 is 2.52 bits per heavy atom. The first kappa shape index (κ1) is 15.3. The van der Waals surface area contributed by atoms with Gasteiger partial charge in [0.1, 0.15) is 5.75 Å². The molecule has 1 amide bonds. The molecule has 0 aliphatic carbocycles. The number of rotatable bonds is 4. The van der Waals surface area contributed by atoms with Crippen molar-refractivity contribution in [1.29, 1.82) is 0 Å². The van der Waals surface area contributed by atoms with Crippen molar-refractivity contribution in [2.24, 2.45) is 0 Å². The van der Waals surface area contributed by atoms with E-state index in [1.54, 1.807) is 0 Å². The average molecular weight is 313 g/mol. The Labute approximate surface area is 121 Å². The summed E-state index contributed by atoms with van der Waals surface area (Å²) in [5, 5.41) is 11.6. The van der Waals surface area contributed by atoms with E-state index in [0.29, 0.717) is 6.42 Å². The van der Waals surface area contributed by atoms with E-state index in [-0.39, 0.29) is 22.8 Å². The van der Waals surface area contributed by atoms with Crippen molar-refractivity contribution in [2.75, 3.05) is 18.1 Å². The van der Waals surface area contributed by atoms with E-state index in [9.17, 15) is 18.0 Å². The zero-order valence-corrected chi connectivity index (χ0v) is 11.9. The van der Waals surface area contributed by atoms with Crippen LogP contribution in [0.4, 0.5) is 0 Å². The summed E-state index contributed by atoms with van der Waals surface area (Å²) in [6.07, 6.45) is 0.375. The second-order valence-corrected chi connectivity index (χ2v) is 7.02. The maximum absolute atomic E-state index is 11.6. The SMILES string of the molecule is O=C(COC(=O)c1ccc(O)cc1)N[C@@H]1CCS(=O)(=O)C1. The maximum atomic E-state index is 11.6. The molecular weight excluding hydrogens is 298 g/mol. The van der Waals surface area contributed by atoms with Crippen LogP contribution in [0.2, 0.25) is 0 Å². The van der Waals surface area contributed by atoms with Crippen LogP contribution in [0.1, 0.15) is 16.8 Å². The summed E-state index contributed by atoms with van der Waals surface area (Å²) in [6.45, 7) is -0.476. The third kappa shape index (κ3) is 4.45. The number of phenols is 1. The largest absolute Gasteiger partial charge is 0.508 e. The topological polar surface area (TPSA) is 110 Å². The Kier molecular flexibility index (Phi) is 4.46. The normalized spacial score (nSPS) is 19.9. The summed E-state index contributed by atoms with van der Waals surface area (Å²) in [6, 6.07) is 4.99. The fourth-order valence-corrected chi connectivity index (χ4v) is 3.66. The summed E-state index contributed by atoms with van der Waals surface area (Å²) in [7, 11) is -3.07. The molecule has 7 nitrogen and oxygen atoms in total. The summed E-state index contributed by atoms with van der Waals surface area (Å²) < 4.78 is 27.3. The van der Waals surface area contributed by atoms with Crippen molar-refractivity contribution in [3.05, 3.63) is 29.8 Å². The highest BCUT2D eigenvalue weighted by molar-refractivity contribution is 7.91. The molecule has 114 valence electrons. The van der Waals surface area contributed by atoms with Gasteiger partial charge in [0.2, 0.25) is 0 Å². The molecule has 1 aliphatic rings. The zero-order valence-electron chi connectivity index (χ0n) is 11.1. The van der Waals surface area contributed by atoms with Crippen LogP contribution in [0.3, 0.4) is 0 Å². The molecule has 0 spiro atoms. The number of hydrogen-bond acceptors (Lipinski definition) is 6. The van der Waals surface area contributed by atoms with Gasteiger partial charge < -0.3 is 15.2 Å². The minimum Gasteiger partial charge on any atom is -0.508 e. The van der Waals surface area contributed by atoms with Crippen LogP contribution in [0.25, 0.3) is 0 Å². The van der Waals surface area contributed by atoms with Crippen LogP contribution in [-0.2, 0) is 19.4 Å². The second-order valence-electron chi connectivity index (χ2n) is 4.79. The van der Waals surface area contributed by atoms with Gasteiger partial charge in [-0.15, -0.1) is 0 Å². The van der Waals surface area contributed by atoms with Crippen LogP contribution in [0.5, 0.6) is 5.75 Å². The highest BCUT2D eigenvalue weighted by atomic mass is 32.2. The maximum Gasteiger partial charge on any atom is 0.338 e. The molecule has 1 atom stereocenters. The summed E-state index contributed by atoms with van der Waals surface area (Å²) in [5.41, 5.74) is 0.212. The van der Waals surface area contributed by atoms with Gasteiger partial charge in [-0.1, -0.05) is 0 Å². The lowest BCUT2D eigenvalue weighted by atomic mass is 10.2. The molecule has 0 saturated carbocycles. The lowest BCUT2D eigenvalue weighted by molar-refractivity contribution is -0.124. The molecule has 0 aromatic heterocycles. The third-order valence-corrected chi connectivity index (χ3v) is 4.80. The Morgan fingerprint density at radius 1 is 1.29 bits per heavy atom. The van der Waals surface area contributed by atoms with Crippen molar-refractivity contribution in [1.82, 2.24) is 5.32 Å². The molecule has 21 heavy (non-hydrogen) atoms. The molecule has 2 N–H and O–H groups in total. The number of aromatic hydroxyl groups is 1. The van der Waals surface area contributed by atoms with E-state index < -0.39 is 34.4 Å². The molecule has 1 aromatic rings. The van der Waals surface area contributed by atoms with E-state index >= 15 is 0 Å². The molecule has 0 unspecified atom stereocenters. The fourth-order valence-electron chi connectivity index (χ4n) is 1.99. The molecule has 2 rings (SSSR count). The zero-order chi connectivity index (χ0) is 15.5. The van der Waals surface area contributed by atoms with Gasteiger partial charge >= 0.3 is 5.97 Å². The minimum atomic E-state index is -3.07. The smallest absolute Gasteiger partial charge is 0.338 e. The summed E-state index contributed by atoms with van der Waals surface area (Å²) >= 11 is 0. The predicted octanol–water partition coefficient (Wildman–Crippen LogP) is -0.148. The average Bonchev–Trinajstić information content (AvgIpc) is 2.76. The van der Waals surface area contributed by atoms with Gasteiger partial charge in [0.15, 0.2) is 16.4 Å². The third-order valence-electron chi connectivity index (χ3n) is 3.03. The highest BCUT2D eigenvalue weighted by Crippen LogP contribution is 2.12. The highest BCUT2D eigenvalue weighted by Gasteiger charge is 2.29. The number of esters is 1. The van der Waals surface area contributed by atoms with Crippen LogP contribution in [-0.4, -0.2) is 49.6 Å². The van der Waals surface area contributed by atoms with Crippen molar-refractivity contribution in [2.45, 2.75) is 12.5 Å². The molecular formula is C13H15NO6S. The van der Waals surface area contributed by atoms with E-state index in [1.807, 2.05) is 0 Å². The molecule has 0 radical (unpaired) electrons. The first-order valence-corrected chi connectivity index (χ1v) is 8.14. The number of nitrogens with one attached hydrogen (secondary N) is 1. The van der Waals surface area contributed by atoms with Crippen molar-refractivity contribution in [3.63, 3.8) is 0 Å². The van der Waals surface area contributed by atoms with Crippen LogP contribution in [0.15, 0.2) is 24.3 Å². The van der Waals surface area contributed by atoms with Gasteiger partial charge in [-0.3, -0.25) is 4.79 Å². The van der Waals surface area contributed by atoms with Gasteiger partial charge in [-0.05, 0) is 30.7 Å². The van der Waals surface area contributed by atoms with Gasteiger partial charge in [0.25, 0.3) is 5.91 Å². The quantitative estimate of drug-likeness (QED) is 0.748. The van der Waals surface area contributed by atoms with Crippen molar-refractivity contribution < 1.29 is 27.9 Å². The molecule has 8 heteroatoms. The first-order valence-electron chi connectivity index (χ1n) is 6.32. The first-order chi connectivity index (χ1) is 9.85. The summed E-state index contributed by atoms with van der Waals surface area (Å²) in [4.78, 5) is 23.2. The molecule has 1 saturated heterocycles. The van der Waals surface area contributed by atoms with Crippen LogP contribution < -0.4 is 5.32 Å². The molecule has 1 aromatic carbocycles. The number of carbonyl (C=O) groups excluding carboxylic acids is 2. The lowest BCUT2D eigenvalue weighted by Crippen LogP contribution is -2.38. The number of sulfone groups is 1. The lowest BCUT2D eigenvalue weighted by Gasteiger charge is -2.11. The number of ether oxygens (including phenoxy) is 1. The monoisotopic (exact) mass is 313 g/mol. The molecule has 0 bridgehead atoms. The minimum absolute atomic E-state index is 0.0201. The molecule has 1 fully saturated rings. The number of phenolic OH excluding ortho intramolecular Hbond substituents is 1. The number of carbonyl (C=O) groups is 2. The van der Waals surface area contributed by atoms with Crippen molar-refractivity contribution >= 4 is 21.7 Å². The second kappa shape index (κ2) is 6.13. The van der Waals surface area contributed by atoms with Crippen LogP contribution >= 0.6 is 0 Å². The Balaban J connectivity index is 1.79. The number of amides is 1. The van der Waals surface area contributed by atoms with Crippen molar-refractivity contribution in [3.8, 4) is 5.75 Å². The van der Waals surface area contributed by atoms with E-state index in [4.69, 9.17) is 9.84 Å². The molecule has 1 aliphatic heterocycles. The van der Waals surface area contributed by atoms with E-state index in [1.165, 1.54) is 24.3 Å². The standard InChI is InChI=1S/C13H15NO6S/c15-11-3-1-9(2-4-11)13(17)20-7-12(16)14-10-5-6-21(18,19)8-10/h1-4,10,15H,5-8H2,(H,14,16)/t10-/m1/s1. The van der Waals surface area contributed by atoms with Gasteiger partial charge in [-0.2, -0.15) is 0 Å². The van der Waals surface area contributed by atoms with E-state index in [2.05, 4.69) is 5.32 Å². The van der Waals surface area contributed by atoms with Gasteiger partial charge in [0, 0.05) is 6.04 Å². The van der Waals surface area contributed by atoms with Gasteiger partial charge in [0.05, 0.1) is 17.1 Å². The van der Waals surface area contributed by atoms with Crippen LogP contribution in [0, 0.1) is 0 Å². The predicted molar refractivity (Wildman–Crippen MR) is 73.6 cm³/mol.